The van der Waals surface area contributed by atoms with E-state index in [0.717, 1.165) is 23.1 Å². The van der Waals surface area contributed by atoms with Crippen LogP contribution >= 0.6 is 12.4 Å². The molecule has 6 nitrogen and oxygen atoms in total. The Bertz CT molecular complexity index is 721. The summed E-state index contributed by atoms with van der Waals surface area (Å²) in [6.45, 7) is 0.699. The Morgan fingerprint density at radius 2 is 1.91 bits per heavy atom. The highest BCUT2D eigenvalue weighted by Gasteiger charge is 2.24. The maximum Gasteiger partial charge on any atom is 0.269 e. The first-order chi connectivity index (χ1) is 10.1. The van der Waals surface area contributed by atoms with Crippen LogP contribution in [-0.2, 0) is 6.42 Å². The lowest BCUT2D eigenvalue weighted by atomic mass is 9.89. The summed E-state index contributed by atoms with van der Waals surface area (Å²) in [5.41, 5.74) is 2.55. The molecule has 1 atom stereocenters. The zero-order valence-electron chi connectivity index (χ0n) is 11.5. The van der Waals surface area contributed by atoms with Crippen molar-refractivity contribution < 1.29 is 15.1 Å². The summed E-state index contributed by atoms with van der Waals surface area (Å²) in [5.74, 6) is -0.332. The van der Waals surface area contributed by atoms with E-state index in [4.69, 9.17) is 0 Å². The van der Waals surface area contributed by atoms with E-state index in [1.165, 1.54) is 18.2 Å². The minimum Gasteiger partial charge on any atom is -0.504 e. The number of hydrogen-bond acceptors (Lipinski definition) is 5. The number of nitro groups is 1. The molecule has 116 valence electrons. The van der Waals surface area contributed by atoms with Crippen LogP contribution < -0.4 is 5.32 Å². The number of aromatic hydroxyl groups is 2. The minimum absolute atomic E-state index is 0. The number of halogens is 1. The molecule has 1 aliphatic heterocycles. The molecule has 2 aromatic rings. The molecule has 0 bridgehead atoms. The highest BCUT2D eigenvalue weighted by molar-refractivity contribution is 5.85. The van der Waals surface area contributed by atoms with Crippen LogP contribution in [0, 0.1) is 10.1 Å². The Morgan fingerprint density at radius 1 is 1.18 bits per heavy atom. The molecule has 1 heterocycles. The van der Waals surface area contributed by atoms with Crippen LogP contribution in [0.25, 0.3) is 0 Å². The molecule has 0 radical (unpaired) electrons. The Labute approximate surface area is 133 Å². The summed E-state index contributed by atoms with van der Waals surface area (Å²) >= 11 is 0. The van der Waals surface area contributed by atoms with Gasteiger partial charge in [0.05, 0.1) is 11.0 Å². The lowest BCUT2D eigenvalue weighted by Crippen LogP contribution is -2.30. The van der Waals surface area contributed by atoms with Gasteiger partial charge < -0.3 is 15.5 Å². The van der Waals surface area contributed by atoms with Crippen molar-refractivity contribution >= 4 is 18.1 Å². The molecule has 2 aromatic carbocycles. The van der Waals surface area contributed by atoms with Crippen molar-refractivity contribution in [3.8, 4) is 11.5 Å². The monoisotopic (exact) mass is 322 g/mol. The van der Waals surface area contributed by atoms with Crippen molar-refractivity contribution in [1.82, 2.24) is 5.32 Å². The third kappa shape index (κ3) is 2.84. The molecule has 1 unspecified atom stereocenters. The first-order valence-corrected chi connectivity index (χ1v) is 6.59. The van der Waals surface area contributed by atoms with E-state index in [9.17, 15) is 20.3 Å². The highest BCUT2D eigenvalue weighted by atomic mass is 35.5. The second-order valence-corrected chi connectivity index (χ2v) is 5.03. The SMILES string of the molecule is Cl.O=[N+]([O-])c1cccc(C2NCCc3cc(O)c(O)cc32)c1. The number of nitrogens with zero attached hydrogens (tertiary/aromatic N) is 1. The van der Waals surface area contributed by atoms with Gasteiger partial charge in [-0.1, -0.05) is 12.1 Å². The summed E-state index contributed by atoms with van der Waals surface area (Å²) in [7, 11) is 0. The van der Waals surface area contributed by atoms with Gasteiger partial charge in [-0.15, -0.1) is 12.4 Å². The number of hydrogen-bond donors (Lipinski definition) is 3. The lowest BCUT2D eigenvalue weighted by molar-refractivity contribution is -0.384. The first-order valence-electron chi connectivity index (χ1n) is 6.59. The fourth-order valence-electron chi connectivity index (χ4n) is 2.70. The van der Waals surface area contributed by atoms with Crippen molar-refractivity contribution in [3.63, 3.8) is 0 Å². The third-order valence-corrected chi connectivity index (χ3v) is 3.70. The van der Waals surface area contributed by atoms with Gasteiger partial charge in [0.25, 0.3) is 5.69 Å². The van der Waals surface area contributed by atoms with Crippen LogP contribution in [0.5, 0.6) is 11.5 Å². The average molecular weight is 323 g/mol. The van der Waals surface area contributed by atoms with E-state index in [-0.39, 0.29) is 35.6 Å². The normalized spacial score (nSPS) is 16.5. The van der Waals surface area contributed by atoms with Crippen LogP contribution in [0.2, 0.25) is 0 Å². The molecule has 3 rings (SSSR count). The van der Waals surface area contributed by atoms with E-state index in [1.54, 1.807) is 12.1 Å². The number of phenols is 2. The number of fused-ring (bicyclic) bond motifs is 1. The number of benzene rings is 2. The van der Waals surface area contributed by atoms with Crippen LogP contribution in [0.4, 0.5) is 5.69 Å². The summed E-state index contributed by atoms with van der Waals surface area (Å²) in [6.07, 6.45) is 0.731. The third-order valence-electron chi connectivity index (χ3n) is 3.70. The molecule has 0 amide bonds. The molecule has 0 fully saturated rings. The fraction of sp³-hybridized carbons (Fsp3) is 0.200. The fourth-order valence-corrected chi connectivity index (χ4v) is 2.70. The van der Waals surface area contributed by atoms with Crippen molar-refractivity contribution in [2.75, 3.05) is 6.54 Å². The number of nitrogens with one attached hydrogen (secondary N) is 1. The molecule has 22 heavy (non-hydrogen) atoms. The van der Waals surface area contributed by atoms with Crippen molar-refractivity contribution in [1.29, 1.82) is 0 Å². The van der Waals surface area contributed by atoms with Crippen LogP contribution in [0.1, 0.15) is 22.7 Å². The molecular formula is C15H15ClN2O4. The van der Waals surface area contributed by atoms with Crippen molar-refractivity contribution in [3.05, 3.63) is 63.2 Å². The molecule has 0 spiro atoms. The van der Waals surface area contributed by atoms with Gasteiger partial charge >= 0.3 is 0 Å². The number of rotatable bonds is 2. The van der Waals surface area contributed by atoms with E-state index in [1.807, 2.05) is 6.07 Å². The standard InChI is InChI=1S/C15H14N2O4.ClH/c18-13-7-9-4-5-16-15(12(9)8-14(13)19)10-2-1-3-11(6-10)17(20)21;/h1-3,6-8,15-16,18-19H,4-5H2;1H. The first kappa shape index (κ1) is 16.1. The van der Waals surface area contributed by atoms with E-state index in [0.29, 0.717) is 6.54 Å². The van der Waals surface area contributed by atoms with Gasteiger partial charge in [-0.25, -0.2) is 0 Å². The molecular weight excluding hydrogens is 308 g/mol. The second kappa shape index (κ2) is 6.21. The van der Waals surface area contributed by atoms with E-state index >= 15 is 0 Å². The van der Waals surface area contributed by atoms with Crippen LogP contribution in [0.3, 0.4) is 0 Å². The van der Waals surface area contributed by atoms with Gasteiger partial charge in [-0.2, -0.15) is 0 Å². The van der Waals surface area contributed by atoms with Gasteiger partial charge in [-0.3, -0.25) is 10.1 Å². The molecule has 0 aliphatic carbocycles. The quantitative estimate of drug-likeness (QED) is 0.449. The van der Waals surface area contributed by atoms with Gasteiger partial charge in [0.1, 0.15) is 0 Å². The second-order valence-electron chi connectivity index (χ2n) is 5.03. The Balaban J connectivity index is 0.00000176. The van der Waals surface area contributed by atoms with E-state index < -0.39 is 4.92 Å². The molecule has 7 heteroatoms. The maximum atomic E-state index is 10.9. The summed E-state index contributed by atoms with van der Waals surface area (Å²) in [5, 5.41) is 33.5. The van der Waals surface area contributed by atoms with Crippen molar-refractivity contribution in [2.24, 2.45) is 0 Å². The van der Waals surface area contributed by atoms with Crippen LogP contribution in [0.15, 0.2) is 36.4 Å². The highest BCUT2D eigenvalue weighted by Crippen LogP contribution is 2.36. The Hall–Kier alpha value is -2.31. The molecule has 0 saturated heterocycles. The van der Waals surface area contributed by atoms with Crippen LogP contribution in [-0.4, -0.2) is 21.7 Å². The van der Waals surface area contributed by atoms with Gasteiger partial charge in [-0.05, 0) is 35.2 Å². The predicted octanol–water partition coefficient (Wildman–Crippen LogP) is 2.66. The Kier molecular flexibility index (Phi) is 4.54. The summed E-state index contributed by atoms with van der Waals surface area (Å²) in [4.78, 5) is 10.5. The average Bonchev–Trinajstić information content (AvgIpc) is 2.48. The predicted molar refractivity (Wildman–Crippen MR) is 83.7 cm³/mol. The van der Waals surface area contributed by atoms with Gasteiger partial charge in [0.15, 0.2) is 11.5 Å². The van der Waals surface area contributed by atoms with E-state index in [2.05, 4.69) is 5.32 Å². The molecule has 0 aromatic heterocycles. The molecule has 3 N–H and O–H groups in total. The smallest absolute Gasteiger partial charge is 0.269 e. The van der Waals surface area contributed by atoms with Gasteiger partial charge in [0.2, 0.25) is 0 Å². The maximum absolute atomic E-state index is 10.9. The minimum atomic E-state index is -0.429. The van der Waals surface area contributed by atoms with Crippen molar-refractivity contribution in [2.45, 2.75) is 12.5 Å². The largest absolute Gasteiger partial charge is 0.504 e. The number of phenolic OH excluding ortho intramolecular Hbond substituents is 2. The summed E-state index contributed by atoms with van der Waals surface area (Å²) < 4.78 is 0. The zero-order valence-corrected chi connectivity index (χ0v) is 12.3. The molecule has 1 aliphatic rings. The summed E-state index contributed by atoms with van der Waals surface area (Å²) in [6, 6.07) is 9.25. The zero-order chi connectivity index (χ0) is 15.0. The molecule has 0 saturated carbocycles. The number of nitro benzene ring substituents is 1. The Morgan fingerprint density at radius 3 is 2.64 bits per heavy atom. The number of non-ortho nitro benzene ring substituents is 1. The topological polar surface area (TPSA) is 95.6 Å². The van der Waals surface area contributed by atoms with Gasteiger partial charge in [0, 0.05) is 18.7 Å². The lowest BCUT2D eigenvalue weighted by Gasteiger charge is -2.27.